The summed E-state index contributed by atoms with van der Waals surface area (Å²) in [4.78, 5) is 34.8. The predicted octanol–water partition coefficient (Wildman–Crippen LogP) is 5.40. The minimum absolute atomic E-state index is 0.0619. The van der Waals surface area contributed by atoms with Crippen molar-refractivity contribution >= 4 is 28.2 Å². The van der Waals surface area contributed by atoms with Crippen LogP contribution in [0.3, 0.4) is 0 Å². The number of sulfonamides is 1. The third kappa shape index (κ3) is 8.67. The number of carbonyl (C=O) groups is 2. The number of nitrogens with one attached hydrogen (secondary N) is 2. The Morgan fingerprint density at radius 2 is 1.71 bits per heavy atom. The largest absolute Gasteiger partial charge is 0.476 e. The number of hydrogen-bond donors (Lipinski definition) is 2. The first-order valence-corrected chi connectivity index (χ1v) is 17.0. The number of ether oxygens (including phenoxy) is 1. The molecule has 2 aromatic carbocycles. The Labute approximate surface area is 267 Å². The van der Waals surface area contributed by atoms with E-state index >= 15 is 0 Å². The Morgan fingerprint density at radius 1 is 1.04 bits per heavy atom. The van der Waals surface area contributed by atoms with Gasteiger partial charge in [0.2, 0.25) is 17.7 Å². The van der Waals surface area contributed by atoms with Crippen LogP contribution >= 0.6 is 0 Å². The maximum absolute atomic E-state index is 13.3. The molecular formula is C34H45N5O5S. The van der Waals surface area contributed by atoms with Crippen molar-refractivity contribution in [2.75, 3.05) is 25.4 Å². The second kappa shape index (κ2) is 15.0. The maximum atomic E-state index is 13.3. The van der Waals surface area contributed by atoms with E-state index in [1.165, 1.54) is 24.3 Å². The molecule has 0 unspecified atom stereocenters. The third-order valence-electron chi connectivity index (χ3n) is 8.60. The molecule has 1 aliphatic carbocycles. The van der Waals surface area contributed by atoms with Crippen LogP contribution in [-0.2, 0) is 14.8 Å². The highest BCUT2D eigenvalue weighted by Crippen LogP contribution is 2.31. The number of likely N-dealkylation sites (N-methyl/N-ethyl adjacent to an activating group) is 1. The van der Waals surface area contributed by atoms with Gasteiger partial charge in [-0.15, -0.1) is 0 Å². The van der Waals surface area contributed by atoms with E-state index in [1.54, 1.807) is 13.1 Å². The second-order valence-electron chi connectivity index (χ2n) is 12.4. The van der Waals surface area contributed by atoms with Crippen LogP contribution in [0.5, 0.6) is 5.88 Å². The molecule has 1 heterocycles. The Balaban J connectivity index is 1.62. The molecule has 45 heavy (non-hydrogen) atoms. The predicted molar refractivity (Wildman–Crippen MR) is 176 cm³/mol. The molecule has 242 valence electrons. The van der Waals surface area contributed by atoms with Gasteiger partial charge < -0.3 is 10.1 Å². The molecule has 0 bridgehead atoms. The molecule has 2 N–H and O–H groups in total. The third-order valence-corrected chi connectivity index (χ3v) is 9.93. The monoisotopic (exact) mass is 635 g/mol. The molecule has 3 aromatic rings. The molecule has 1 fully saturated rings. The standard InChI is InChI=1S/C34H45N5O5S/c1-22(2)17-28(39(6)27-15-13-26(14-16-27)33(41)35-5)21-44-31-19-30(32-23(3)9-7-10-24(32)4)36-34(37-31)38-45(42,43)29-12-8-11-25(18-29)20-40/h7-12,18-20,22,26-28H,13-17,21H2,1-6H3,(H,35,41)(H,36,37,38)/t26-,27-,28-/m1/s1. The summed E-state index contributed by atoms with van der Waals surface area (Å²) in [5.74, 6) is 0.732. The van der Waals surface area contributed by atoms with Crippen LogP contribution in [0, 0.1) is 25.7 Å². The normalized spacial score (nSPS) is 17.6. The molecule has 1 atom stereocenters. The molecule has 1 saturated carbocycles. The molecular weight excluding hydrogens is 590 g/mol. The molecule has 0 saturated heterocycles. The van der Waals surface area contributed by atoms with E-state index in [2.05, 4.69) is 45.8 Å². The SMILES string of the molecule is CNC(=O)[C@H]1CC[C@H](N(C)[C@@H](COc2cc(-c3c(C)cccc3C)nc(NS(=O)(=O)c3cccc(C=O)c3)n2)CC(C)C)CC1. The van der Waals surface area contributed by atoms with Crippen LogP contribution in [0.15, 0.2) is 53.4 Å². The van der Waals surface area contributed by atoms with E-state index in [1.807, 2.05) is 32.0 Å². The van der Waals surface area contributed by atoms with Gasteiger partial charge in [-0.2, -0.15) is 4.98 Å². The van der Waals surface area contributed by atoms with Gasteiger partial charge in [-0.25, -0.2) is 18.1 Å². The fourth-order valence-corrected chi connectivity index (χ4v) is 7.15. The summed E-state index contributed by atoms with van der Waals surface area (Å²) in [5.41, 5.74) is 3.62. The van der Waals surface area contributed by atoms with E-state index in [0.29, 0.717) is 30.5 Å². The highest BCUT2D eigenvalue weighted by atomic mass is 32.2. The lowest BCUT2D eigenvalue weighted by Gasteiger charge is -2.39. The summed E-state index contributed by atoms with van der Waals surface area (Å²) < 4.78 is 35.5. The number of aromatic nitrogens is 2. The molecule has 10 nitrogen and oxygen atoms in total. The van der Waals surface area contributed by atoms with Crippen LogP contribution in [0.2, 0.25) is 0 Å². The first kappa shape index (κ1) is 34.1. The Hall–Kier alpha value is -3.83. The van der Waals surface area contributed by atoms with Crippen molar-refractivity contribution in [1.82, 2.24) is 20.2 Å². The van der Waals surface area contributed by atoms with Crippen LogP contribution < -0.4 is 14.8 Å². The van der Waals surface area contributed by atoms with Gasteiger partial charge in [0, 0.05) is 42.2 Å². The molecule has 0 aliphatic heterocycles. The van der Waals surface area contributed by atoms with E-state index < -0.39 is 10.0 Å². The summed E-state index contributed by atoms with van der Waals surface area (Å²) in [7, 11) is -0.283. The van der Waals surface area contributed by atoms with Crippen LogP contribution in [-0.4, -0.2) is 68.3 Å². The molecule has 0 radical (unpaired) electrons. The first-order chi connectivity index (χ1) is 21.4. The van der Waals surface area contributed by atoms with E-state index in [-0.39, 0.29) is 40.2 Å². The molecule has 1 aliphatic rings. The molecule has 11 heteroatoms. The zero-order valence-corrected chi connectivity index (χ0v) is 27.9. The Morgan fingerprint density at radius 3 is 2.33 bits per heavy atom. The Bertz CT molecular complexity index is 1580. The van der Waals surface area contributed by atoms with Crippen molar-refractivity contribution in [1.29, 1.82) is 0 Å². The summed E-state index contributed by atoms with van der Waals surface area (Å²) >= 11 is 0. The van der Waals surface area contributed by atoms with Crippen molar-refractivity contribution in [3.05, 3.63) is 65.2 Å². The fraction of sp³-hybridized carbons (Fsp3) is 0.471. The molecule has 4 rings (SSSR count). The van der Waals surface area contributed by atoms with Gasteiger partial charge >= 0.3 is 0 Å². The quantitative estimate of drug-likeness (QED) is 0.239. The number of hydrogen-bond acceptors (Lipinski definition) is 8. The number of aryl methyl sites for hydroxylation is 2. The average Bonchev–Trinajstić information content (AvgIpc) is 3.02. The minimum atomic E-state index is -4.10. The molecule has 1 amide bonds. The number of benzene rings is 2. The van der Waals surface area contributed by atoms with Crippen molar-refractivity contribution in [2.45, 2.75) is 76.8 Å². The van der Waals surface area contributed by atoms with Gasteiger partial charge in [0.1, 0.15) is 12.9 Å². The highest BCUT2D eigenvalue weighted by molar-refractivity contribution is 7.92. The van der Waals surface area contributed by atoms with Crippen LogP contribution in [0.1, 0.15) is 67.4 Å². The van der Waals surface area contributed by atoms with Crippen molar-refractivity contribution in [3.8, 4) is 17.1 Å². The summed E-state index contributed by atoms with van der Waals surface area (Å²) in [6, 6.07) is 13.8. The van der Waals surface area contributed by atoms with Gasteiger partial charge in [-0.05, 0) is 82.2 Å². The van der Waals surface area contributed by atoms with Gasteiger partial charge in [-0.1, -0.05) is 44.2 Å². The number of carbonyl (C=O) groups excluding carboxylic acids is 2. The first-order valence-electron chi connectivity index (χ1n) is 15.5. The minimum Gasteiger partial charge on any atom is -0.476 e. The lowest BCUT2D eigenvalue weighted by Crippen LogP contribution is -2.46. The number of aldehydes is 1. The van der Waals surface area contributed by atoms with Gasteiger partial charge in [0.05, 0.1) is 10.6 Å². The van der Waals surface area contributed by atoms with Gasteiger partial charge in [-0.3, -0.25) is 14.5 Å². The zero-order chi connectivity index (χ0) is 32.7. The lowest BCUT2D eigenvalue weighted by molar-refractivity contribution is -0.125. The second-order valence-corrected chi connectivity index (χ2v) is 14.0. The zero-order valence-electron chi connectivity index (χ0n) is 27.0. The highest BCUT2D eigenvalue weighted by Gasteiger charge is 2.31. The summed E-state index contributed by atoms with van der Waals surface area (Å²) in [6.07, 6.45) is 5.08. The van der Waals surface area contributed by atoms with E-state index in [0.717, 1.165) is 48.8 Å². The Kier molecular flexibility index (Phi) is 11.3. The molecule has 1 aromatic heterocycles. The van der Waals surface area contributed by atoms with Crippen LogP contribution in [0.25, 0.3) is 11.3 Å². The summed E-state index contributed by atoms with van der Waals surface area (Å²) in [5, 5.41) is 2.78. The lowest BCUT2D eigenvalue weighted by atomic mass is 9.84. The number of nitrogens with zero attached hydrogens (tertiary/aromatic N) is 3. The molecule has 0 spiro atoms. The van der Waals surface area contributed by atoms with Crippen molar-refractivity contribution in [2.24, 2.45) is 11.8 Å². The summed E-state index contributed by atoms with van der Waals surface area (Å²) in [6.45, 7) is 8.67. The number of amides is 1. The average molecular weight is 636 g/mol. The fourth-order valence-electron chi connectivity index (χ4n) is 6.15. The topological polar surface area (TPSA) is 131 Å². The van der Waals surface area contributed by atoms with Gasteiger partial charge in [0.25, 0.3) is 10.0 Å². The van der Waals surface area contributed by atoms with E-state index in [4.69, 9.17) is 4.74 Å². The van der Waals surface area contributed by atoms with E-state index in [9.17, 15) is 18.0 Å². The number of anilines is 1. The smallest absolute Gasteiger partial charge is 0.264 e. The number of rotatable bonds is 13. The van der Waals surface area contributed by atoms with Crippen molar-refractivity contribution < 1.29 is 22.7 Å². The van der Waals surface area contributed by atoms with Crippen LogP contribution in [0.4, 0.5) is 5.95 Å². The maximum Gasteiger partial charge on any atom is 0.264 e. The van der Waals surface area contributed by atoms with Crippen molar-refractivity contribution in [3.63, 3.8) is 0 Å². The van der Waals surface area contributed by atoms with Gasteiger partial charge in [0.15, 0.2) is 0 Å².